The van der Waals surface area contributed by atoms with Gasteiger partial charge in [0.1, 0.15) is 6.10 Å². The van der Waals surface area contributed by atoms with E-state index in [9.17, 15) is 9.90 Å². The molecule has 1 amide bonds. The zero-order valence-electron chi connectivity index (χ0n) is 12.6. The van der Waals surface area contributed by atoms with E-state index in [-0.39, 0.29) is 0 Å². The van der Waals surface area contributed by atoms with Crippen LogP contribution in [0.25, 0.3) is 0 Å². The van der Waals surface area contributed by atoms with Gasteiger partial charge in [-0.25, -0.2) is 0 Å². The van der Waals surface area contributed by atoms with E-state index in [1.807, 2.05) is 0 Å². The Hall–Kier alpha value is -1.30. The summed E-state index contributed by atoms with van der Waals surface area (Å²) in [5.74, 6) is 0.00804. The van der Waals surface area contributed by atoms with E-state index in [0.29, 0.717) is 23.0 Å². The van der Waals surface area contributed by atoms with E-state index in [1.165, 1.54) is 19.3 Å². The van der Waals surface area contributed by atoms with Crippen molar-refractivity contribution in [2.24, 2.45) is 11.7 Å². The predicted octanol–water partition coefficient (Wildman–Crippen LogP) is 2.44. The van der Waals surface area contributed by atoms with Gasteiger partial charge in [-0.3, -0.25) is 15.6 Å². The summed E-state index contributed by atoms with van der Waals surface area (Å²) in [5.41, 5.74) is 11.9. The van der Waals surface area contributed by atoms with E-state index >= 15 is 0 Å². The van der Waals surface area contributed by atoms with Crippen LogP contribution in [-0.4, -0.2) is 23.2 Å². The minimum absolute atomic E-state index is 0.516. The van der Waals surface area contributed by atoms with E-state index < -0.39 is 18.1 Å². The topological polar surface area (TPSA) is 87.4 Å². The van der Waals surface area contributed by atoms with Gasteiger partial charge in [0.05, 0.1) is 5.69 Å². The zero-order chi connectivity index (χ0) is 15.9. The van der Waals surface area contributed by atoms with Crippen molar-refractivity contribution in [1.29, 1.82) is 0 Å². The Morgan fingerprint density at radius 1 is 1.27 bits per heavy atom. The van der Waals surface area contributed by atoms with E-state index in [1.54, 1.807) is 24.3 Å². The van der Waals surface area contributed by atoms with Gasteiger partial charge in [0.15, 0.2) is 0 Å². The molecule has 5 nitrogen and oxygen atoms in total. The molecular formula is C16H24ClN3O2. The lowest BCUT2D eigenvalue weighted by Gasteiger charge is -2.26. The van der Waals surface area contributed by atoms with Crippen molar-refractivity contribution >= 4 is 23.2 Å². The van der Waals surface area contributed by atoms with Gasteiger partial charge in [-0.15, -0.1) is 0 Å². The minimum Gasteiger partial charge on any atom is -0.382 e. The van der Waals surface area contributed by atoms with Gasteiger partial charge in [0, 0.05) is 11.1 Å². The Bertz CT molecular complexity index is 475. The molecule has 22 heavy (non-hydrogen) atoms. The van der Waals surface area contributed by atoms with E-state index in [4.69, 9.17) is 17.3 Å². The van der Waals surface area contributed by atoms with Crippen molar-refractivity contribution in [3.8, 4) is 0 Å². The maximum Gasteiger partial charge on any atom is 0.268 e. The number of aliphatic hydroxyl groups is 1. The number of amides is 1. The molecule has 0 aromatic heterocycles. The Kier molecular flexibility index (Phi) is 6.49. The van der Waals surface area contributed by atoms with Crippen LogP contribution in [0.2, 0.25) is 5.02 Å². The lowest BCUT2D eigenvalue weighted by molar-refractivity contribution is -0.130. The normalized spacial score (nSPS) is 18.5. The molecule has 6 heteroatoms. The summed E-state index contributed by atoms with van der Waals surface area (Å²) in [6.45, 7) is 0. The van der Waals surface area contributed by atoms with Crippen LogP contribution in [0.3, 0.4) is 0 Å². The third-order valence-electron chi connectivity index (χ3n) is 4.18. The first-order valence-corrected chi connectivity index (χ1v) is 8.19. The number of rotatable bonds is 6. The van der Waals surface area contributed by atoms with Crippen molar-refractivity contribution in [2.45, 2.75) is 50.7 Å². The molecule has 0 saturated heterocycles. The van der Waals surface area contributed by atoms with Gasteiger partial charge >= 0.3 is 0 Å². The second kappa shape index (κ2) is 8.36. The van der Waals surface area contributed by atoms with Crippen LogP contribution in [0.5, 0.6) is 0 Å². The summed E-state index contributed by atoms with van der Waals surface area (Å²) < 4.78 is 0. The molecule has 1 saturated carbocycles. The molecule has 0 radical (unpaired) electrons. The van der Waals surface area contributed by atoms with Crippen LogP contribution in [0.4, 0.5) is 5.69 Å². The van der Waals surface area contributed by atoms with Crippen molar-refractivity contribution in [1.82, 2.24) is 5.43 Å². The lowest BCUT2D eigenvalue weighted by atomic mass is 9.84. The van der Waals surface area contributed by atoms with E-state index in [2.05, 4.69) is 10.9 Å². The van der Waals surface area contributed by atoms with Crippen molar-refractivity contribution < 1.29 is 9.90 Å². The summed E-state index contributed by atoms with van der Waals surface area (Å²) >= 11 is 5.79. The third-order valence-corrected chi connectivity index (χ3v) is 4.43. The molecule has 2 atom stereocenters. The van der Waals surface area contributed by atoms with E-state index in [0.717, 1.165) is 12.8 Å². The van der Waals surface area contributed by atoms with Gasteiger partial charge in [0.25, 0.3) is 5.91 Å². The smallest absolute Gasteiger partial charge is 0.268 e. The monoisotopic (exact) mass is 325 g/mol. The standard InChI is InChI=1S/C16H24ClN3O2/c17-12-6-8-13(9-7-12)19-20-16(22)15(21)14(18)10-11-4-2-1-3-5-11/h6-9,11,14-15,19,21H,1-5,10,18H2,(H,20,22)/t14-,15?/m1/s1. The second-order valence-corrected chi connectivity index (χ2v) is 6.41. The molecule has 2 rings (SSSR count). The molecule has 122 valence electrons. The molecule has 0 bridgehead atoms. The SMILES string of the molecule is N[C@H](CC1CCCCC1)C(O)C(=O)NNc1ccc(Cl)cc1. The summed E-state index contributed by atoms with van der Waals surface area (Å²) in [7, 11) is 0. The maximum atomic E-state index is 11.9. The number of hydrogen-bond donors (Lipinski definition) is 4. The fourth-order valence-electron chi connectivity index (χ4n) is 2.87. The third kappa shape index (κ3) is 5.16. The molecule has 1 aromatic carbocycles. The number of benzene rings is 1. The van der Waals surface area contributed by atoms with Crippen molar-refractivity contribution in [3.05, 3.63) is 29.3 Å². The number of nitrogens with one attached hydrogen (secondary N) is 2. The number of carbonyl (C=O) groups is 1. The van der Waals surface area contributed by atoms with Gasteiger partial charge in [-0.05, 0) is 36.6 Å². The van der Waals surface area contributed by atoms with Crippen LogP contribution >= 0.6 is 11.6 Å². The number of hydrazine groups is 1. The Labute approximate surface area is 136 Å². The molecule has 5 N–H and O–H groups in total. The zero-order valence-corrected chi connectivity index (χ0v) is 13.4. The summed E-state index contributed by atoms with van der Waals surface area (Å²) in [6, 6.07) is 6.35. The lowest BCUT2D eigenvalue weighted by Crippen LogP contribution is -2.48. The molecule has 1 aliphatic rings. The number of anilines is 1. The van der Waals surface area contributed by atoms with Crippen molar-refractivity contribution in [2.75, 3.05) is 5.43 Å². The second-order valence-electron chi connectivity index (χ2n) is 5.97. The Morgan fingerprint density at radius 3 is 2.55 bits per heavy atom. The molecule has 0 heterocycles. The first-order valence-electron chi connectivity index (χ1n) is 7.81. The molecule has 1 fully saturated rings. The quantitative estimate of drug-likeness (QED) is 0.605. The highest BCUT2D eigenvalue weighted by molar-refractivity contribution is 6.30. The van der Waals surface area contributed by atoms with Crippen molar-refractivity contribution in [3.63, 3.8) is 0 Å². The highest BCUT2D eigenvalue weighted by Gasteiger charge is 2.26. The number of hydrogen-bond acceptors (Lipinski definition) is 4. The fourth-order valence-corrected chi connectivity index (χ4v) is 3.00. The highest BCUT2D eigenvalue weighted by Crippen LogP contribution is 2.27. The Balaban J connectivity index is 1.76. The molecule has 1 unspecified atom stereocenters. The molecule has 1 aromatic rings. The largest absolute Gasteiger partial charge is 0.382 e. The fraction of sp³-hybridized carbons (Fsp3) is 0.562. The van der Waals surface area contributed by atoms with Gasteiger partial charge < -0.3 is 10.8 Å². The predicted molar refractivity (Wildman–Crippen MR) is 88.4 cm³/mol. The van der Waals surface area contributed by atoms with Crippen LogP contribution in [0.15, 0.2) is 24.3 Å². The first kappa shape index (κ1) is 17.1. The van der Waals surface area contributed by atoms with Crippen LogP contribution in [0, 0.1) is 5.92 Å². The summed E-state index contributed by atoms with van der Waals surface area (Å²) in [5, 5.41) is 10.7. The first-order chi connectivity index (χ1) is 10.6. The highest BCUT2D eigenvalue weighted by atomic mass is 35.5. The van der Waals surface area contributed by atoms with Gasteiger partial charge in [-0.1, -0.05) is 43.7 Å². The maximum absolute atomic E-state index is 11.9. The number of aliphatic hydroxyl groups excluding tert-OH is 1. The molecule has 0 spiro atoms. The average molecular weight is 326 g/mol. The van der Waals surface area contributed by atoms with Gasteiger partial charge in [-0.2, -0.15) is 0 Å². The van der Waals surface area contributed by atoms with Crippen LogP contribution < -0.4 is 16.6 Å². The molecular weight excluding hydrogens is 302 g/mol. The molecule has 1 aliphatic carbocycles. The molecule has 0 aliphatic heterocycles. The van der Waals surface area contributed by atoms with Gasteiger partial charge in [0.2, 0.25) is 0 Å². The average Bonchev–Trinajstić information content (AvgIpc) is 2.54. The van der Waals surface area contributed by atoms with Crippen LogP contribution in [0.1, 0.15) is 38.5 Å². The summed E-state index contributed by atoms with van der Waals surface area (Å²) in [6.07, 6.45) is 5.49. The number of carbonyl (C=O) groups excluding carboxylic acids is 1. The number of halogens is 1. The Morgan fingerprint density at radius 2 is 1.91 bits per heavy atom. The minimum atomic E-state index is -1.21. The van der Waals surface area contributed by atoms with Crippen LogP contribution in [-0.2, 0) is 4.79 Å². The number of nitrogens with two attached hydrogens (primary N) is 1. The summed E-state index contributed by atoms with van der Waals surface area (Å²) in [4.78, 5) is 11.9.